The number of nitrogens with zero attached hydrogens (tertiary/aromatic N) is 1. The molecule has 2 unspecified atom stereocenters. The molecule has 2 N–H and O–H groups in total. The standard InChI is InChI=1S/C15H21NO4/c1-11(2)8-13(15(18)19)14(16(20)10-17)9-12-6-4-3-5-7-12/h3-7,10-11,13-14,20H,8-9H2,1-2H3,(H,18,19). The molecule has 0 heterocycles. The Kier molecular flexibility index (Phi) is 6.18. The summed E-state index contributed by atoms with van der Waals surface area (Å²) in [6, 6.07) is 8.47. The summed E-state index contributed by atoms with van der Waals surface area (Å²) in [5.74, 6) is -1.64. The van der Waals surface area contributed by atoms with Gasteiger partial charge in [0.1, 0.15) is 0 Å². The van der Waals surface area contributed by atoms with E-state index in [1.807, 2.05) is 44.2 Å². The molecule has 5 nitrogen and oxygen atoms in total. The zero-order valence-electron chi connectivity index (χ0n) is 11.8. The third kappa shape index (κ3) is 4.66. The van der Waals surface area contributed by atoms with Gasteiger partial charge in [0.25, 0.3) is 0 Å². The predicted molar refractivity (Wildman–Crippen MR) is 74.2 cm³/mol. The van der Waals surface area contributed by atoms with Crippen LogP contribution in [0.4, 0.5) is 0 Å². The fourth-order valence-electron chi connectivity index (χ4n) is 2.28. The lowest BCUT2D eigenvalue weighted by Crippen LogP contribution is -2.43. The van der Waals surface area contributed by atoms with Crippen LogP contribution in [0, 0.1) is 11.8 Å². The minimum Gasteiger partial charge on any atom is -0.481 e. The van der Waals surface area contributed by atoms with Crippen molar-refractivity contribution in [3.8, 4) is 0 Å². The van der Waals surface area contributed by atoms with E-state index in [0.717, 1.165) is 5.56 Å². The fourth-order valence-corrected chi connectivity index (χ4v) is 2.28. The Morgan fingerprint density at radius 2 is 1.90 bits per heavy atom. The summed E-state index contributed by atoms with van der Waals surface area (Å²) in [7, 11) is 0. The molecule has 0 bridgehead atoms. The van der Waals surface area contributed by atoms with Crippen LogP contribution in [0.2, 0.25) is 0 Å². The number of carboxylic acid groups (broad SMARTS) is 1. The topological polar surface area (TPSA) is 77.8 Å². The van der Waals surface area contributed by atoms with E-state index in [2.05, 4.69) is 0 Å². The molecule has 0 radical (unpaired) electrons. The number of hydrogen-bond acceptors (Lipinski definition) is 3. The zero-order chi connectivity index (χ0) is 15.1. The van der Waals surface area contributed by atoms with Crippen LogP contribution in [0.15, 0.2) is 30.3 Å². The normalized spacial score (nSPS) is 13.8. The summed E-state index contributed by atoms with van der Waals surface area (Å²) in [4.78, 5) is 22.3. The van der Waals surface area contributed by atoms with Gasteiger partial charge in [-0.25, -0.2) is 5.06 Å². The number of carbonyl (C=O) groups is 2. The van der Waals surface area contributed by atoms with Crippen LogP contribution in [0.1, 0.15) is 25.8 Å². The van der Waals surface area contributed by atoms with Crippen LogP contribution in [0.25, 0.3) is 0 Å². The molecule has 0 aliphatic rings. The maximum absolute atomic E-state index is 11.4. The Hall–Kier alpha value is -1.88. The van der Waals surface area contributed by atoms with Crippen LogP contribution in [-0.4, -0.2) is 33.8 Å². The van der Waals surface area contributed by atoms with Crippen LogP contribution in [-0.2, 0) is 16.0 Å². The van der Waals surface area contributed by atoms with Gasteiger partial charge in [-0.1, -0.05) is 44.2 Å². The molecule has 0 spiro atoms. The predicted octanol–water partition coefficient (Wildman–Crippen LogP) is 2.19. The lowest BCUT2D eigenvalue weighted by Gasteiger charge is -2.29. The quantitative estimate of drug-likeness (QED) is 0.434. The molecule has 0 aromatic heterocycles. The second-order valence-corrected chi connectivity index (χ2v) is 5.32. The zero-order valence-corrected chi connectivity index (χ0v) is 11.8. The first-order valence-electron chi connectivity index (χ1n) is 6.65. The molecule has 1 aromatic rings. The van der Waals surface area contributed by atoms with Gasteiger partial charge >= 0.3 is 5.97 Å². The highest BCUT2D eigenvalue weighted by molar-refractivity contribution is 5.71. The molecule has 1 rings (SSSR count). The van der Waals surface area contributed by atoms with Gasteiger partial charge in [-0.05, 0) is 24.3 Å². The molecule has 0 aliphatic carbocycles. The van der Waals surface area contributed by atoms with E-state index in [1.165, 1.54) is 0 Å². The Morgan fingerprint density at radius 3 is 2.35 bits per heavy atom. The molecular formula is C15H21NO4. The highest BCUT2D eigenvalue weighted by atomic mass is 16.5. The Labute approximate surface area is 118 Å². The Morgan fingerprint density at radius 1 is 1.30 bits per heavy atom. The second kappa shape index (κ2) is 7.65. The van der Waals surface area contributed by atoms with Crippen molar-refractivity contribution in [3.05, 3.63) is 35.9 Å². The number of hydroxylamine groups is 2. The molecule has 20 heavy (non-hydrogen) atoms. The first-order valence-corrected chi connectivity index (χ1v) is 6.65. The van der Waals surface area contributed by atoms with E-state index in [4.69, 9.17) is 0 Å². The van der Waals surface area contributed by atoms with Crippen molar-refractivity contribution in [3.63, 3.8) is 0 Å². The molecular weight excluding hydrogens is 258 g/mol. The van der Waals surface area contributed by atoms with Gasteiger partial charge in [-0.2, -0.15) is 0 Å². The lowest BCUT2D eigenvalue weighted by molar-refractivity contribution is -0.172. The monoisotopic (exact) mass is 279 g/mol. The van der Waals surface area contributed by atoms with Crippen LogP contribution in [0.3, 0.4) is 0 Å². The van der Waals surface area contributed by atoms with Crippen molar-refractivity contribution >= 4 is 12.4 Å². The molecule has 0 fully saturated rings. The van der Waals surface area contributed by atoms with Crippen molar-refractivity contribution in [2.45, 2.75) is 32.7 Å². The number of amides is 1. The van der Waals surface area contributed by atoms with Gasteiger partial charge in [0.2, 0.25) is 6.41 Å². The number of aliphatic carboxylic acids is 1. The molecule has 0 saturated carbocycles. The third-order valence-electron chi connectivity index (χ3n) is 3.24. The minimum absolute atomic E-state index is 0.162. The van der Waals surface area contributed by atoms with E-state index in [1.54, 1.807) is 0 Å². The molecule has 0 saturated heterocycles. The summed E-state index contributed by atoms with van der Waals surface area (Å²) in [6.45, 7) is 3.83. The number of carbonyl (C=O) groups excluding carboxylic acids is 1. The highest BCUT2D eigenvalue weighted by Crippen LogP contribution is 2.22. The molecule has 5 heteroatoms. The number of hydrogen-bond donors (Lipinski definition) is 2. The molecule has 110 valence electrons. The van der Waals surface area contributed by atoms with Gasteiger partial charge in [0.05, 0.1) is 12.0 Å². The van der Waals surface area contributed by atoms with Crippen molar-refractivity contribution in [2.75, 3.05) is 0 Å². The van der Waals surface area contributed by atoms with Gasteiger partial charge in [-0.3, -0.25) is 14.8 Å². The van der Waals surface area contributed by atoms with E-state index >= 15 is 0 Å². The Balaban J connectivity index is 2.97. The summed E-state index contributed by atoms with van der Waals surface area (Å²) < 4.78 is 0. The van der Waals surface area contributed by atoms with Gasteiger partial charge in [-0.15, -0.1) is 0 Å². The van der Waals surface area contributed by atoms with Crippen LogP contribution in [0.5, 0.6) is 0 Å². The number of carboxylic acids is 1. The Bertz CT molecular complexity index is 433. The van der Waals surface area contributed by atoms with Crippen molar-refractivity contribution in [1.82, 2.24) is 5.06 Å². The van der Waals surface area contributed by atoms with E-state index < -0.39 is 17.9 Å². The number of benzene rings is 1. The van der Waals surface area contributed by atoms with Crippen LogP contribution >= 0.6 is 0 Å². The first kappa shape index (κ1) is 16.2. The van der Waals surface area contributed by atoms with Gasteiger partial charge in [0, 0.05) is 0 Å². The highest BCUT2D eigenvalue weighted by Gasteiger charge is 2.32. The largest absolute Gasteiger partial charge is 0.481 e. The lowest BCUT2D eigenvalue weighted by atomic mass is 9.87. The summed E-state index contributed by atoms with van der Waals surface area (Å²) in [6.07, 6.45) is 0.974. The van der Waals surface area contributed by atoms with E-state index in [0.29, 0.717) is 17.9 Å². The second-order valence-electron chi connectivity index (χ2n) is 5.32. The number of rotatable bonds is 8. The van der Waals surface area contributed by atoms with Crippen molar-refractivity contribution in [1.29, 1.82) is 0 Å². The summed E-state index contributed by atoms with van der Waals surface area (Å²) in [5, 5.41) is 19.6. The summed E-state index contributed by atoms with van der Waals surface area (Å²) >= 11 is 0. The fraction of sp³-hybridized carbons (Fsp3) is 0.467. The SMILES string of the molecule is CC(C)CC(C(=O)O)C(Cc1ccccc1)N(O)C=O. The third-order valence-corrected chi connectivity index (χ3v) is 3.24. The molecule has 0 aliphatic heterocycles. The average molecular weight is 279 g/mol. The van der Waals surface area contributed by atoms with Crippen molar-refractivity contribution in [2.24, 2.45) is 11.8 Å². The molecule has 1 amide bonds. The van der Waals surface area contributed by atoms with Gasteiger partial charge in [0.15, 0.2) is 0 Å². The van der Waals surface area contributed by atoms with E-state index in [-0.39, 0.29) is 12.3 Å². The van der Waals surface area contributed by atoms with E-state index in [9.17, 15) is 19.9 Å². The van der Waals surface area contributed by atoms with Gasteiger partial charge < -0.3 is 5.11 Å². The maximum atomic E-state index is 11.4. The van der Waals surface area contributed by atoms with Crippen molar-refractivity contribution < 1.29 is 19.9 Å². The van der Waals surface area contributed by atoms with Crippen LogP contribution < -0.4 is 0 Å². The smallest absolute Gasteiger partial charge is 0.308 e. The molecule has 1 aromatic carbocycles. The summed E-state index contributed by atoms with van der Waals surface area (Å²) in [5.41, 5.74) is 0.883. The first-order chi connectivity index (χ1) is 9.45. The molecule has 2 atom stereocenters. The average Bonchev–Trinajstić information content (AvgIpc) is 2.42. The minimum atomic E-state index is -1.000. The maximum Gasteiger partial charge on any atom is 0.308 e.